The molecule has 0 radical (unpaired) electrons. The summed E-state index contributed by atoms with van der Waals surface area (Å²) in [6, 6.07) is 10.9. The van der Waals surface area contributed by atoms with Crippen molar-refractivity contribution in [2.24, 2.45) is 5.92 Å². The van der Waals surface area contributed by atoms with Gasteiger partial charge in [-0.15, -0.1) is 0 Å². The smallest absolute Gasteiger partial charge is 0.00205 e. The SMILES string of the molecule is c1ccc(CCCCCCCCNCC2CCCCC2)cc1. The summed E-state index contributed by atoms with van der Waals surface area (Å²) in [5.74, 6) is 0.978. The highest BCUT2D eigenvalue weighted by Gasteiger charge is 2.12. The second-order valence-corrected chi connectivity index (χ2v) is 7.07. The number of rotatable bonds is 11. The van der Waals surface area contributed by atoms with Crippen LogP contribution in [0.25, 0.3) is 0 Å². The van der Waals surface area contributed by atoms with E-state index in [2.05, 4.69) is 35.6 Å². The monoisotopic (exact) mass is 301 g/mol. The summed E-state index contributed by atoms with van der Waals surface area (Å²) in [7, 11) is 0. The third-order valence-electron chi connectivity index (χ3n) is 5.07. The molecule has 124 valence electrons. The van der Waals surface area contributed by atoms with Gasteiger partial charge in [-0.1, -0.05) is 75.3 Å². The Hall–Kier alpha value is -0.820. The molecule has 0 aliphatic heterocycles. The standard InChI is InChI=1S/C21H35N/c1(3-7-13-20-14-8-5-9-15-20)2-4-12-18-22-19-21-16-10-6-11-17-21/h5,8-9,14-15,21-22H,1-4,6-7,10-13,16-19H2. The zero-order valence-corrected chi connectivity index (χ0v) is 14.4. The van der Waals surface area contributed by atoms with Gasteiger partial charge >= 0.3 is 0 Å². The molecular formula is C21H35N. The normalized spacial score (nSPS) is 16.0. The van der Waals surface area contributed by atoms with Gasteiger partial charge in [0.2, 0.25) is 0 Å². The summed E-state index contributed by atoms with van der Waals surface area (Å²) < 4.78 is 0. The Morgan fingerprint density at radius 3 is 2.23 bits per heavy atom. The first-order valence-corrected chi connectivity index (χ1v) is 9.70. The number of unbranched alkanes of at least 4 members (excludes halogenated alkanes) is 5. The first kappa shape index (κ1) is 17.5. The highest BCUT2D eigenvalue weighted by Crippen LogP contribution is 2.22. The molecule has 1 aromatic rings. The van der Waals surface area contributed by atoms with Crippen LogP contribution in [0.15, 0.2) is 30.3 Å². The van der Waals surface area contributed by atoms with Crippen molar-refractivity contribution in [2.75, 3.05) is 13.1 Å². The summed E-state index contributed by atoms with van der Waals surface area (Å²) in [4.78, 5) is 0. The minimum absolute atomic E-state index is 0.978. The summed E-state index contributed by atoms with van der Waals surface area (Å²) in [5.41, 5.74) is 1.49. The molecular weight excluding hydrogens is 266 g/mol. The van der Waals surface area contributed by atoms with Crippen molar-refractivity contribution >= 4 is 0 Å². The van der Waals surface area contributed by atoms with Crippen molar-refractivity contribution in [3.63, 3.8) is 0 Å². The molecule has 22 heavy (non-hydrogen) atoms. The molecule has 1 N–H and O–H groups in total. The van der Waals surface area contributed by atoms with Crippen LogP contribution in [0.1, 0.15) is 76.2 Å². The van der Waals surface area contributed by atoms with E-state index in [1.54, 1.807) is 0 Å². The number of nitrogens with one attached hydrogen (secondary N) is 1. The van der Waals surface area contributed by atoms with Crippen LogP contribution in [0.2, 0.25) is 0 Å². The molecule has 0 unspecified atom stereocenters. The van der Waals surface area contributed by atoms with Gasteiger partial charge in [0.1, 0.15) is 0 Å². The Morgan fingerprint density at radius 1 is 0.773 bits per heavy atom. The van der Waals surface area contributed by atoms with Gasteiger partial charge in [0, 0.05) is 0 Å². The van der Waals surface area contributed by atoms with E-state index in [0.717, 1.165) is 5.92 Å². The molecule has 1 aromatic carbocycles. The molecule has 0 saturated heterocycles. The topological polar surface area (TPSA) is 12.0 Å². The molecule has 0 aromatic heterocycles. The molecule has 1 heteroatoms. The first-order chi connectivity index (χ1) is 10.9. The Labute approximate surface area is 137 Å². The Bertz CT molecular complexity index is 353. The van der Waals surface area contributed by atoms with Gasteiger partial charge in [-0.2, -0.15) is 0 Å². The van der Waals surface area contributed by atoms with Crippen molar-refractivity contribution in [3.05, 3.63) is 35.9 Å². The maximum atomic E-state index is 3.68. The molecule has 2 rings (SSSR count). The number of benzene rings is 1. The fourth-order valence-corrected chi connectivity index (χ4v) is 3.63. The molecule has 1 fully saturated rings. The summed E-state index contributed by atoms with van der Waals surface area (Å²) in [6.45, 7) is 2.51. The molecule has 0 atom stereocenters. The molecule has 0 spiro atoms. The number of aryl methyl sites for hydroxylation is 1. The van der Waals surface area contributed by atoms with Gasteiger partial charge in [-0.05, 0) is 56.7 Å². The van der Waals surface area contributed by atoms with Gasteiger partial charge in [0.05, 0.1) is 0 Å². The van der Waals surface area contributed by atoms with Crippen LogP contribution >= 0.6 is 0 Å². The zero-order valence-electron chi connectivity index (χ0n) is 14.4. The largest absolute Gasteiger partial charge is 0.316 e. The molecule has 1 nitrogen and oxygen atoms in total. The lowest BCUT2D eigenvalue weighted by molar-refractivity contribution is 0.341. The first-order valence-electron chi connectivity index (χ1n) is 9.70. The second-order valence-electron chi connectivity index (χ2n) is 7.07. The van der Waals surface area contributed by atoms with E-state index >= 15 is 0 Å². The molecule has 0 bridgehead atoms. The van der Waals surface area contributed by atoms with Crippen molar-refractivity contribution in [1.29, 1.82) is 0 Å². The third kappa shape index (κ3) is 7.98. The van der Waals surface area contributed by atoms with E-state index in [4.69, 9.17) is 0 Å². The minimum Gasteiger partial charge on any atom is -0.316 e. The lowest BCUT2D eigenvalue weighted by Gasteiger charge is -2.21. The Morgan fingerprint density at radius 2 is 1.45 bits per heavy atom. The summed E-state index contributed by atoms with van der Waals surface area (Å²) in [6.07, 6.45) is 16.9. The van der Waals surface area contributed by atoms with Crippen LogP contribution in [0, 0.1) is 5.92 Å². The fourth-order valence-electron chi connectivity index (χ4n) is 3.63. The maximum Gasteiger partial charge on any atom is -0.00205 e. The Kier molecular flexibility index (Phi) is 9.33. The molecule has 0 amide bonds. The van der Waals surface area contributed by atoms with E-state index in [9.17, 15) is 0 Å². The maximum absolute atomic E-state index is 3.68. The van der Waals surface area contributed by atoms with Crippen molar-refractivity contribution in [1.82, 2.24) is 5.32 Å². The highest BCUT2D eigenvalue weighted by atomic mass is 14.9. The highest BCUT2D eigenvalue weighted by molar-refractivity contribution is 5.14. The van der Waals surface area contributed by atoms with E-state index in [0.29, 0.717) is 0 Å². The molecule has 1 saturated carbocycles. The van der Waals surface area contributed by atoms with E-state index < -0.39 is 0 Å². The molecule has 1 aliphatic carbocycles. The van der Waals surface area contributed by atoms with E-state index in [-0.39, 0.29) is 0 Å². The van der Waals surface area contributed by atoms with Crippen molar-refractivity contribution in [2.45, 2.75) is 77.0 Å². The van der Waals surface area contributed by atoms with Crippen LogP contribution < -0.4 is 5.32 Å². The van der Waals surface area contributed by atoms with Gasteiger partial charge in [0.15, 0.2) is 0 Å². The lowest BCUT2D eigenvalue weighted by atomic mass is 9.89. The molecule has 0 heterocycles. The third-order valence-corrected chi connectivity index (χ3v) is 5.07. The summed E-state index contributed by atoms with van der Waals surface area (Å²) in [5, 5.41) is 3.68. The number of hydrogen-bond acceptors (Lipinski definition) is 1. The van der Waals surface area contributed by atoms with Crippen LogP contribution in [0.5, 0.6) is 0 Å². The van der Waals surface area contributed by atoms with Gasteiger partial charge in [-0.3, -0.25) is 0 Å². The van der Waals surface area contributed by atoms with E-state index in [1.165, 1.54) is 95.7 Å². The van der Waals surface area contributed by atoms with E-state index in [1.807, 2.05) is 0 Å². The van der Waals surface area contributed by atoms with Gasteiger partial charge < -0.3 is 5.32 Å². The van der Waals surface area contributed by atoms with Crippen molar-refractivity contribution < 1.29 is 0 Å². The molecule has 1 aliphatic rings. The predicted molar refractivity (Wildman–Crippen MR) is 97.3 cm³/mol. The average Bonchev–Trinajstić information content (AvgIpc) is 2.58. The van der Waals surface area contributed by atoms with Gasteiger partial charge in [0.25, 0.3) is 0 Å². The quantitative estimate of drug-likeness (QED) is 0.514. The van der Waals surface area contributed by atoms with Crippen LogP contribution in [0.4, 0.5) is 0 Å². The fraction of sp³-hybridized carbons (Fsp3) is 0.714. The van der Waals surface area contributed by atoms with Crippen molar-refractivity contribution in [3.8, 4) is 0 Å². The zero-order chi connectivity index (χ0) is 15.3. The predicted octanol–water partition coefficient (Wildman–Crippen LogP) is 5.74. The lowest BCUT2D eigenvalue weighted by Crippen LogP contribution is -2.25. The number of hydrogen-bond donors (Lipinski definition) is 1. The Balaban J connectivity index is 1.32. The van der Waals surface area contributed by atoms with Gasteiger partial charge in [-0.25, -0.2) is 0 Å². The summed E-state index contributed by atoms with van der Waals surface area (Å²) >= 11 is 0. The van der Waals surface area contributed by atoms with Crippen LogP contribution in [0.3, 0.4) is 0 Å². The minimum atomic E-state index is 0.978. The second kappa shape index (κ2) is 11.7. The average molecular weight is 302 g/mol. The van der Waals surface area contributed by atoms with Crippen LogP contribution in [-0.4, -0.2) is 13.1 Å². The van der Waals surface area contributed by atoms with Crippen LogP contribution in [-0.2, 0) is 6.42 Å².